The van der Waals surface area contributed by atoms with Gasteiger partial charge in [0.05, 0.1) is 16.9 Å². The van der Waals surface area contributed by atoms with Gasteiger partial charge in [-0.2, -0.15) is 11.8 Å². The van der Waals surface area contributed by atoms with Gasteiger partial charge < -0.3 is 16.2 Å². The van der Waals surface area contributed by atoms with Gasteiger partial charge in [-0.15, -0.1) is 0 Å². The topological polar surface area (TPSA) is 75.3 Å². The molecule has 0 spiro atoms. The summed E-state index contributed by atoms with van der Waals surface area (Å²) in [7, 11) is 0. The lowest BCUT2D eigenvalue weighted by molar-refractivity contribution is 0.0697. The zero-order valence-electron chi connectivity index (χ0n) is 9.90. The molecule has 0 aliphatic rings. The van der Waals surface area contributed by atoms with Crippen molar-refractivity contribution in [3.8, 4) is 0 Å². The Bertz CT molecular complexity index is 383. The minimum absolute atomic E-state index is 0.255. The summed E-state index contributed by atoms with van der Waals surface area (Å²) >= 11 is 1.83. The number of carboxylic acids is 1. The van der Waals surface area contributed by atoms with Crippen molar-refractivity contribution in [1.82, 2.24) is 0 Å². The third-order valence-corrected chi connectivity index (χ3v) is 3.09. The Morgan fingerprint density at radius 3 is 2.88 bits per heavy atom. The number of anilines is 2. The number of nitrogens with two attached hydrogens (primary N) is 1. The Hall–Kier alpha value is -1.36. The first kappa shape index (κ1) is 13.7. The summed E-state index contributed by atoms with van der Waals surface area (Å²) in [6, 6.07) is 4.70. The van der Waals surface area contributed by atoms with E-state index in [1.165, 1.54) is 6.07 Å². The van der Waals surface area contributed by atoms with Crippen molar-refractivity contribution in [3.05, 3.63) is 23.8 Å². The van der Waals surface area contributed by atoms with Gasteiger partial charge in [0.25, 0.3) is 0 Å². The highest BCUT2D eigenvalue weighted by Gasteiger charge is 2.05. The molecule has 0 aliphatic carbocycles. The first-order chi connectivity index (χ1) is 8.15. The van der Waals surface area contributed by atoms with E-state index in [1.807, 2.05) is 11.8 Å². The number of carboxylic acid groups (broad SMARTS) is 1. The van der Waals surface area contributed by atoms with Gasteiger partial charge in [-0.1, -0.05) is 0 Å². The summed E-state index contributed by atoms with van der Waals surface area (Å²) in [5.41, 5.74) is 7.31. The first-order valence-corrected chi connectivity index (χ1v) is 6.90. The minimum atomic E-state index is -0.935. The van der Waals surface area contributed by atoms with E-state index in [0.29, 0.717) is 11.4 Å². The Morgan fingerprint density at radius 2 is 2.24 bits per heavy atom. The summed E-state index contributed by atoms with van der Waals surface area (Å²) in [5, 5.41) is 12.0. The normalized spacial score (nSPS) is 10.2. The molecule has 0 atom stereocenters. The Balaban J connectivity index is 2.51. The monoisotopic (exact) mass is 254 g/mol. The van der Waals surface area contributed by atoms with Crippen molar-refractivity contribution >= 4 is 29.1 Å². The van der Waals surface area contributed by atoms with E-state index >= 15 is 0 Å². The molecule has 94 valence electrons. The van der Waals surface area contributed by atoms with E-state index in [4.69, 9.17) is 10.8 Å². The molecule has 0 aliphatic heterocycles. The number of rotatable bonds is 7. The highest BCUT2D eigenvalue weighted by atomic mass is 32.2. The Kier molecular flexibility index (Phi) is 5.69. The van der Waals surface area contributed by atoms with Crippen LogP contribution in [0, 0.1) is 0 Å². The van der Waals surface area contributed by atoms with Gasteiger partial charge in [0, 0.05) is 6.54 Å². The van der Waals surface area contributed by atoms with Crippen LogP contribution in [-0.2, 0) is 0 Å². The molecule has 5 heteroatoms. The van der Waals surface area contributed by atoms with E-state index in [-0.39, 0.29) is 5.56 Å². The number of carbonyl (C=O) groups is 1. The highest BCUT2D eigenvalue weighted by Crippen LogP contribution is 2.20. The van der Waals surface area contributed by atoms with Crippen LogP contribution < -0.4 is 11.1 Å². The molecule has 0 unspecified atom stereocenters. The molecule has 0 amide bonds. The average Bonchev–Trinajstić information content (AvgIpc) is 2.30. The largest absolute Gasteiger partial charge is 0.478 e. The molecule has 17 heavy (non-hydrogen) atoms. The van der Waals surface area contributed by atoms with Crippen molar-refractivity contribution in [3.63, 3.8) is 0 Å². The van der Waals surface area contributed by atoms with Crippen LogP contribution in [0.3, 0.4) is 0 Å². The van der Waals surface area contributed by atoms with Gasteiger partial charge in [0.2, 0.25) is 0 Å². The number of hydrogen-bond acceptors (Lipinski definition) is 4. The Morgan fingerprint density at radius 1 is 1.47 bits per heavy atom. The van der Waals surface area contributed by atoms with Gasteiger partial charge in [0.1, 0.15) is 0 Å². The standard InChI is InChI=1S/C12H18N2O2S/c1-17-7-3-2-6-14-11-8-9(12(15)16)4-5-10(11)13/h4-5,8,14H,2-3,6-7,13H2,1H3,(H,15,16). The summed E-state index contributed by atoms with van der Waals surface area (Å²) in [5.74, 6) is 0.210. The SMILES string of the molecule is CSCCCCNc1cc(C(=O)O)ccc1N. The quantitative estimate of drug-likeness (QED) is 0.515. The van der Waals surface area contributed by atoms with E-state index < -0.39 is 5.97 Å². The van der Waals surface area contributed by atoms with Gasteiger partial charge in [-0.25, -0.2) is 4.79 Å². The third kappa shape index (κ3) is 4.56. The fourth-order valence-electron chi connectivity index (χ4n) is 1.44. The minimum Gasteiger partial charge on any atom is -0.478 e. The molecule has 0 heterocycles. The van der Waals surface area contributed by atoms with Crippen molar-refractivity contribution < 1.29 is 9.90 Å². The number of nitrogen functional groups attached to an aromatic ring is 1. The molecule has 0 fully saturated rings. The molecule has 0 bridgehead atoms. The zero-order valence-corrected chi connectivity index (χ0v) is 10.7. The number of nitrogens with one attached hydrogen (secondary N) is 1. The first-order valence-electron chi connectivity index (χ1n) is 5.50. The predicted octanol–water partition coefficient (Wildman–Crippen LogP) is 2.52. The van der Waals surface area contributed by atoms with Gasteiger partial charge in [-0.3, -0.25) is 0 Å². The second-order valence-corrected chi connectivity index (χ2v) is 4.72. The van der Waals surface area contributed by atoms with Gasteiger partial charge in [0.15, 0.2) is 0 Å². The number of thioether (sulfide) groups is 1. The molecule has 1 aromatic carbocycles. The van der Waals surface area contributed by atoms with Crippen LogP contribution in [-0.4, -0.2) is 29.6 Å². The molecule has 1 rings (SSSR count). The van der Waals surface area contributed by atoms with Crippen LogP contribution in [0.5, 0.6) is 0 Å². The average molecular weight is 254 g/mol. The van der Waals surface area contributed by atoms with Crippen molar-refractivity contribution in [2.75, 3.05) is 29.6 Å². The number of benzene rings is 1. The third-order valence-electron chi connectivity index (χ3n) is 2.39. The van der Waals surface area contributed by atoms with Crippen LogP contribution in [0.2, 0.25) is 0 Å². The molecule has 1 aromatic rings. The fraction of sp³-hybridized carbons (Fsp3) is 0.417. The summed E-state index contributed by atoms with van der Waals surface area (Å²) in [6.07, 6.45) is 4.28. The zero-order chi connectivity index (χ0) is 12.7. The molecule has 0 aromatic heterocycles. The van der Waals surface area contributed by atoms with E-state index in [2.05, 4.69) is 11.6 Å². The lowest BCUT2D eigenvalue weighted by Crippen LogP contribution is -2.06. The second-order valence-electron chi connectivity index (χ2n) is 3.73. The highest BCUT2D eigenvalue weighted by molar-refractivity contribution is 7.98. The number of unbranched alkanes of at least 4 members (excludes halogenated alkanes) is 1. The number of aromatic carboxylic acids is 1. The summed E-state index contributed by atoms with van der Waals surface area (Å²) in [4.78, 5) is 10.8. The van der Waals surface area contributed by atoms with E-state index in [0.717, 1.165) is 25.1 Å². The fourth-order valence-corrected chi connectivity index (χ4v) is 1.93. The van der Waals surface area contributed by atoms with Crippen LogP contribution in [0.15, 0.2) is 18.2 Å². The van der Waals surface area contributed by atoms with Gasteiger partial charge >= 0.3 is 5.97 Å². The number of hydrogen-bond donors (Lipinski definition) is 3. The molecular formula is C12H18N2O2S. The summed E-state index contributed by atoms with van der Waals surface area (Å²) < 4.78 is 0. The van der Waals surface area contributed by atoms with Crippen molar-refractivity contribution in [1.29, 1.82) is 0 Å². The molecule has 0 radical (unpaired) electrons. The maximum absolute atomic E-state index is 10.8. The van der Waals surface area contributed by atoms with Crippen molar-refractivity contribution in [2.24, 2.45) is 0 Å². The molecular weight excluding hydrogens is 236 g/mol. The van der Waals surface area contributed by atoms with Crippen LogP contribution in [0.4, 0.5) is 11.4 Å². The lowest BCUT2D eigenvalue weighted by atomic mass is 10.1. The van der Waals surface area contributed by atoms with Crippen LogP contribution in [0.25, 0.3) is 0 Å². The molecule has 0 saturated carbocycles. The Labute approximate surface area is 106 Å². The van der Waals surface area contributed by atoms with Crippen molar-refractivity contribution in [2.45, 2.75) is 12.8 Å². The van der Waals surface area contributed by atoms with E-state index in [9.17, 15) is 4.79 Å². The van der Waals surface area contributed by atoms with Crippen LogP contribution in [0.1, 0.15) is 23.2 Å². The maximum Gasteiger partial charge on any atom is 0.335 e. The smallest absolute Gasteiger partial charge is 0.335 e. The maximum atomic E-state index is 10.8. The summed E-state index contributed by atoms with van der Waals surface area (Å²) in [6.45, 7) is 0.813. The second kappa shape index (κ2) is 7.06. The lowest BCUT2D eigenvalue weighted by Gasteiger charge is -2.09. The predicted molar refractivity (Wildman–Crippen MR) is 73.9 cm³/mol. The molecule has 4 N–H and O–H groups in total. The van der Waals surface area contributed by atoms with Gasteiger partial charge in [-0.05, 0) is 43.0 Å². The molecule has 4 nitrogen and oxygen atoms in total. The van der Waals surface area contributed by atoms with Crippen LogP contribution >= 0.6 is 11.8 Å². The van der Waals surface area contributed by atoms with E-state index in [1.54, 1.807) is 12.1 Å². The molecule has 0 saturated heterocycles.